The van der Waals surface area contributed by atoms with Crippen LogP contribution in [0.25, 0.3) is 0 Å². The first kappa shape index (κ1) is 13.0. The number of hydrogen-bond acceptors (Lipinski definition) is 3. The number of fused-ring (bicyclic) bond motifs is 1. The monoisotopic (exact) mass is 280 g/mol. The highest BCUT2D eigenvalue weighted by Crippen LogP contribution is 2.60. The van der Waals surface area contributed by atoms with Gasteiger partial charge in [-0.15, -0.1) is 23.5 Å². The van der Waals surface area contributed by atoms with Gasteiger partial charge in [0.25, 0.3) is 0 Å². The molecule has 2 rings (SSSR count). The molecule has 1 aromatic carbocycles. The summed E-state index contributed by atoms with van der Waals surface area (Å²) in [6.45, 7) is 0. The third kappa shape index (κ3) is 2.01. The van der Waals surface area contributed by atoms with E-state index < -0.39 is 16.4 Å². The Morgan fingerprint density at radius 2 is 1.76 bits per heavy atom. The fourth-order valence-corrected chi connectivity index (χ4v) is 4.00. The molecule has 1 unspecified atom stereocenters. The lowest BCUT2D eigenvalue weighted by molar-refractivity contribution is -0.158. The topological polar surface area (TPSA) is 9.23 Å². The normalized spacial score (nSPS) is 22.1. The van der Waals surface area contributed by atoms with Gasteiger partial charge in [0, 0.05) is 5.56 Å². The van der Waals surface area contributed by atoms with E-state index in [1.807, 2.05) is 0 Å². The summed E-state index contributed by atoms with van der Waals surface area (Å²) in [6.07, 6.45) is -1.03. The van der Waals surface area contributed by atoms with Crippen LogP contribution in [-0.2, 0) is 0 Å². The minimum atomic E-state index is -4.31. The van der Waals surface area contributed by atoms with E-state index in [2.05, 4.69) is 0 Å². The first-order valence-electron chi connectivity index (χ1n) is 4.89. The van der Waals surface area contributed by atoms with Crippen molar-refractivity contribution >= 4 is 23.5 Å². The highest BCUT2D eigenvalue weighted by Gasteiger charge is 2.60. The number of para-hydroxylation sites is 1. The van der Waals surface area contributed by atoms with Crippen LogP contribution in [0.3, 0.4) is 0 Å². The van der Waals surface area contributed by atoms with E-state index in [1.54, 1.807) is 30.7 Å². The van der Waals surface area contributed by atoms with Crippen molar-refractivity contribution in [3.8, 4) is 5.75 Å². The van der Waals surface area contributed by atoms with Gasteiger partial charge in [0.2, 0.25) is 4.27 Å². The molecule has 0 bridgehead atoms. The molecule has 17 heavy (non-hydrogen) atoms. The van der Waals surface area contributed by atoms with Gasteiger partial charge < -0.3 is 4.74 Å². The van der Waals surface area contributed by atoms with E-state index in [4.69, 9.17) is 4.74 Å². The van der Waals surface area contributed by atoms with Gasteiger partial charge in [-0.1, -0.05) is 18.2 Å². The lowest BCUT2D eigenvalue weighted by Gasteiger charge is -2.32. The Labute approximate surface area is 106 Å². The summed E-state index contributed by atoms with van der Waals surface area (Å²) in [6, 6.07) is 6.37. The van der Waals surface area contributed by atoms with Crippen molar-refractivity contribution in [2.75, 3.05) is 12.5 Å². The van der Waals surface area contributed by atoms with Gasteiger partial charge in [0.15, 0.2) is 0 Å². The van der Waals surface area contributed by atoms with Gasteiger partial charge in [-0.3, -0.25) is 0 Å². The van der Waals surface area contributed by atoms with Gasteiger partial charge in [-0.05, 0) is 18.6 Å². The highest BCUT2D eigenvalue weighted by atomic mass is 32.2. The quantitative estimate of drug-likeness (QED) is 0.755. The molecule has 6 heteroatoms. The second kappa shape index (κ2) is 4.31. The number of hydrogen-bond donors (Lipinski definition) is 0. The second-order valence-corrected chi connectivity index (χ2v) is 5.91. The molecule has 0 fully saturated rings. The Bertz CT molecular complexity index is 415. The summed E-state index contributed by atoms with van der Waals surface area (Å²) in [7, 11) is 0. The van der Waals surface area contributed by atoms with Gasteiger partial charge in [0.05, 0.1) is 0 Å². The Kier molecular flexibility index (Phi) is 3.29. The zero-order valence-corrected chi connectivity index (χ0v) is 10.9. The van der Waals surface area contributed by atoms with Crippen molar-refractivity contribution in [1.29, 1.82) is 0 Å². The average Bonchev–Trinajstić information content (AvgIpc) is 2.63. The average molecular weight is 280 g/mol. The van der Waals surface area contributed by atoms with Crippen LogP contribution in [0.4, 0.5) is 13.2 Å². The number of ether oxygens (including phenoxy) is 1. The number of benzene rings is 1. The number of halogens is 3. The molecule has 1 heterocycles. The third-order valence-corrected chi connectivity index (χ3v) is 5.51. The minimum absolute atomic E-state index is 0.226. The molecule has 1 aliphatic rings. The minimum Gasteiger partial charge on any atom is -0.466 e. The van der Waals surface area contributed by atoms with Crippen LogP contribution in [0.1, 0.15) is 11.5 Å². The van der Waals surface area contributed by atoms with E-state index in [0.29, 0.717) is 5.75 Å². The van der Waals surface area contributed by atoms with Crippen molar-refractivity contribution in [2.24, 2.45) is 0 Å². The van der Waals surface area contributed by atoms with Crippen LogP contribution in [0.5, 0.6) is 5.75 Å². The smallest absolute Gasteiger partial charge is 0.401 e. The summed E-state index contributed by atoms with van der Waals surface area (Å²) in [5.74, 6) is -1.25. The largest absolute Gasteiger partial charge is 0.466 e. The van der Waals surface area contributed by atoms with E-state index in [0.717, 1.165) is 23.5 Å². The van der Waals surface area contributed by atoms with Crippen LogP contribution in [-0.4, -0.2) is 23.0 Å². The maximum absolute atomic E-state index is 13.2. The van der Waals surface area contributed by atoms with E-state index >= 15 is 0 Å². The van der Waals surface area contributed by atoms with Crippen molar-refractivity contribution in [3.05, 3.63) is 29.8 Å². The lowest BCUT2D eigenvalue weighted by Crippen LogP contribution is -2.38. The zero-order valence-electron chi connectivity index (χ0n) is 9.25. The second-order valence-electron chi connectivity index (χ2n) is 3.63. The third-order valence-electron chi connectivity index (χ3n) is 2.73. The van der Waals surface area contributed by atoms with Crippen LogP contribution in [0.2, 0.25) is 0 Å². The molecule has 0 saturated heterocycles. The molecule has 0 radical (unpaired) electrons. The van der Waals surface area contributed by atoms with Crippen LogP contribution >= 0.6 is 23.5 Å². The molecular weight excluding hydrogens is 269 g/mol. The molecule has 1 atom stereocenters. The van der Waals surface area contributed by atoms with E-state index in [1.165, 1.54) is 6.07 Å². The SMILES string of the molecule is CSC1(SC)Oc2ccccc2C1C(F)(F)F. The fraction of sp³-hybridized carbons (Fsp3) is 0.455. The molecule has 0 amide bonds. The Balaban J connectivity index is 2.55. The molecule has 1 aromatic rings. The molecule has 0 saturated carbocycles. The molecule has 0 aliphatic carbocycles. The predicted molar refractivity (Wildman–Crippen MR) is 65.6 cm³/mol. The molecule has 1 nitrogen and oxygen atoms in total. The molecule has 94 valence electrons. The molecule has 0 aromatic heterocycles. The summed E-state index contributed by atoms with van der Waals surface area (Å²) >= 11 is 2.18. The maximum Gasteiger partial charge on any atom is 0.401 e. The summed E-state index contributed by atoms with van der Waals surface area (Å²) in [5.41, 5.74) is 0.226. The lowest BCUT2D eigenvalue weighted by atomic mass is 10.0. The number of thioether (sulfide) groups is 2. The Hall–Kier alpha value is -0.490. The van der Waals surface area contributed by atoms with E-state index in [9.17, 15) is 13.2 Å². The van der Waals surface area contributed by atoms with Gasteiger partial charge >= 0.3 is 6.18 Å². The van der Waals surface area contributed by atoms with Gasteiger partial charge in [-0.25, -0.2) is 0 Å². The van der Waals surface area contributed by atoms with Crippen molar-refractivity contribution < 1.29 is 17.9 Å². The molecule has 0 N–H and O–H groups in total. The first-order chi connectivity index (χ1) is 7.94. The predicted octanol–water partition coefficient (Wildman–Crippen LogP) is 4.10. The first-order valence-corrected chi connectivity index (χ1v) is 7.34. The van der Waals surface area contributed by atoms with Crippen molar-refractivity contribution in [1.82, 2.24) is 0 Å². The fourth-order valence-electron chi connectivity index (χ4n) is 1.99. The molecule has 0 spiro atoms. The van der Waals surface area contributed by atoms with Crippen LogP contribution in [0.15, 0.2) is 24.3 Å². The summed E-state index contributed by atoms with van der Waals surface area (Å²) < 4.78 is 43.8. The van der Waals surface area contributed by atoms with Crippen molar-refractivity contribution in [3.63, 3.8) is 0 Å². The molecule has 1 aliphatic heterocycles. The number of rotatable bonds is 2. The van der Waals surface area contributed by atoms with Crippen LogP contribution in [0, 0.1) is 0 Å². The maximum atomic E-state index is 13.2. The van der Waals surface area contributed by atoms with Crippen LogP contribution < -0.4 is 4.74 Å². The summed E-state index contributed by atoms with van der Waals surface area (Å²) in [4.78, 5) is 0. The number of alkyl halides is 3. The molecular formula is C11H11F3OS2. The standard InChI is InChI=1S/C11H11F3OS2/c1-16-11(17-2)9(10(12,13)14)7-5-3-4-6-8(7)15-11/h3-6,9H,1-2H3. The zero-order chi connectivity index (χ0) is 12.7. The Morgan fingerprint density at radius 1 is 1.18 bits per heavy atom. The summed E-state index contributed by atoms with van der Waals surface area (Å²) in [5, 5.41) is 0. The van der Waals surface area contributed by atoms with Gasteiger partial charge in [-0.2, -0.15) is 13.2 Å². The highest BCUT2D eigenvalue weighted by molar-refractivity contribution is 8.17. The van der Waals surface area contributed by atoms with Gasteiger partial charge in [0.1, 0.15) is 11.7 Å². The Morgan fingerprint density at radius 3 is 2.29 bits per heavy atom. The van der Waals surface area contributed by atoms with Crippen molar-refractivity contribution in [2.45, 2.75) is 16.4 Å². The van der Waals surface area contributed by atoms with E-state index in [-0.39, 0.29) is 5.56 Å².